The van der Waals surface area contributed by atoms with Crippen LogP contribution in [0.15, 0.2) is 24.3 Å². The van der Waals surface area contributed by atoms with Gasteiger partial charge in [0.1, 0.15) is 5.75 Å². The number of aliphatic hydroxyl groups is 1. The van der Waals surface area contributed by atoms with Crippen LogP contribution in [0.3, 0.4) is 0 Å². The lowest BCUT2D eigenvalue weighted by molar-refractivity contribution is -0.0499. The average Bonchev–Trinajstić information content (AvgIpc) is 2.87. The summed E-state index contributed by atoms with van der Waals surface area (Å²) in [5.74, 6) is 0.0284. The number of nitrogens with one attached hydrogen (secondary N) is 1. The van der Waals surface area contributed by atoms with E-state index in [1.165, 1.54) is 12.1 Å². The van der Waals surface area contributed by atoms with Crippen molar-refractivity contribution in [3.05, 3.63) is 41.2 Å². The van der Waals surface area contributed by atoms with Crippen molar-refractivity contribution >= 4 is 0 Å². The summed E-state index contributed by atoms with van der Waals surface area (Å²) in [6.07, 6.45) is -0.831. The quantitative estimate of drug-likeness (QED) is 0.777. The first-order valence-electron chi connectivity index (χ1n) is 7.33. The molecule has 0 saturated carbocycles. The first-order valence-corrected chi connectivity index (χ1v) is 7.33. The fraction of sp³-hybridized carbons (Fsp3) is 0.467. The van der Waals surface area contributed by atoms with Crippen LogP contribution in [0.25, 0.3) is 0 Å². The molecule has 0 radical (unpaired) electrons. The molecule has 1 aromatic heterocycles. The summed E-state index contributed by atoms with van der Waals surface area (Å²) in [5.41, 5.74) is 2.30. The summed E-state index contributed by atoms with van der Waals surface area (Å²) in [6, 6.07) is 6.05. The van der Waals surface area contributed by atoms with E-state index >= 15 is 0 Å². The number of alkyl halides is 2. The topological polar surface area (TPSA) is 72.2 Å². The Kier molecular flexibility index (Phi) is 6.00. The molecule has 0 saturated heterocycles. The van der Waals surface area contributed by atoms with Gasteiger partial charge in [0.05, 0.1) is 17.5 Å². The van der Waals surface area contributed by atoms with Gasteiger partial charge >= 0.3 is 6.61 Å². The second kappa shape index (κ2) is 7.98. The SMILES string of the molecule is CCn1nnc(C)c1CNCC(O)c1cccc(OC(F)F)c1. The molecule has 1 atom stereocenters. The number of ether oxygens (including phenoxy) is 1. The zero-order chi connectivity index (χ0) is 16.8. The third-order valence-corrected chi connectivity index (χ3v) is 3.43. The number of aryl methyl sites for hydroxylation is 2. The Balaban J connectivity index is 1.92. The van der Waals surface area contributed by atoms with Gasteiger partial charge in [-0.2, -0.15) is 8.78 Å². The lowest BCUT2D eigenvalue weighted by Gasteiger charge is -2.14. The minimum Gasteiger partial charge on any atom is -0.435 e. The number of rotatable bonds is 8. The van der Waals surface area contributed by atoms with Gasteiger partial charge in [-0.3, -0.25) is 0 Å². The summed E-state index contributed by atoms with van der Waals surface area (Å²) in [6.45, 7) is 2.46. The maximum absolute atomic E-state index is 12.2. The summed E-state index contributed by atoms with van der Waals surface area (Å²) >= 11 is 0. The monoisotopic (exact) mass is 326 g/mol. The first kappa shape index (κ1) is 17.3. The molecule has 2 rings (SSSR count). The van der Waals surface area contributed by atoms with Crippen LogP contribution >= 0.6 is 0 Å². The second-order valence-corrected chi connectivity index (χ2v) is 5.04. The molecule has 1 unspecified atom stereocenters. The van der Waals surface area contributed by atoms with Crippen LogP contribution in [0.1, 0.15) is 30.0 Å². The van der Waals surface area contributed by atoms with Crippen molar-refractivity contribution in [1.29, 1.82) is 0 Å². The highest BCUT2D eigenvalue weighted by molar-refractivity contribution is 5.30. The molecule has 8 heteroatoms. The number of aromatic nitrogens is 3. The summed E-state index contributed by atoms with van der Waals surface area (Å²) < 4.78 is 30.5. The summed E-state index contributed by atoms with van der Waals surface area (Å²) in [4.78, 5) is 0. The molecule has 0 fully saturated rings. The zero-order valence-electron chi connectivity index (χ0n) is 13.0. The number of aliphatic hydroxyl groups excluding tert-OH is 1. The van der Waals surface area contributed by atoms with Gasteiger partial charge in [0.2, 0.25) is 0 Å². The molecule has 0 aliphatic heterocycles. The van der Waals surface area contributed by atoms with Gasteiger partial charge in [0.15, 0.2) is 0 Å². The number of nitrogens with zero attached hydrogens (tertiary/aromatic N) is 3. The van der Waals surface area contributed by atoms with E-state index in [0.717, 1.165) is 11.4 Å². The van der Waals surface area contributed by atoms with E-state index in [4.69, 9.17) is 0 Å². The van der Waals surface area contributed by atoms with Crippen molar-refractivity contribution in [3.63, 3.8) is 0 Å². The smallest absolute Gasteiger partial charge is 0.387 e. The number of hydrogen-bond acceptors (Lipinski definition) is 5. The van der Waals surface area contributed by atoms with Crippen LogP contribution in [0.2, 0.25) is 0 Å². The molecule has 0 aliphatic carbocycles. The van der Waals surface area contributed by atoms with E-state index in [2.05, 4.69) is 20.4 Å². The van der Waals surface area contributed by atoms with E-state index in [9.17, 15) is 13.9 Å². The third kappa shape index (κ3) is 4.70. The van der Waals surface area contributed by atoms with Crippen molar-refractivity contribution in [1.82, 2.24) is 20.3 Å². The predicted octanol–water partition coefficient (Wildman–Crippen LogP) is 2.03. The third-order valence-electron chi connectivity index (χ3n) is 3.43. The fourth-order valence-corrected chi connectivity index (χ4v) is 2.24. The first-order chi connectivity index (χ1) is 11.0. The number of benzene rings is 1. The molecule has 0 aliphatic rings. The van der Waals surface area contributed by atoms with Crippen molar-refractivity contribution in [2.75, 3.05) is 6.54 Å². The van der Waals surface area contributed by atoms with Gasteiger partial charge in [-0.25, -0.2) is 4.68 Å². The maximum atomic E-state index is 12.2. The highest BCUT2D eigenvalue weighted by atomic mass is 19.3. The van der Waals surface area contributed by atoms with Crippen LogP contribution < -0.4 is 10.1 Å². The van der Waals surface area contributed by atoms with Gasteiger partial charge in [-0.15, -0.1) is 5.10 Å². The molecule has 2 N–H and O–H groups in total. The highest BCUT2D eigenvalue weighted by Crippen LogP contribution is 2.20. The Morgan fingerprint density at radius 2 is 2.17 bits per heavy atom. The summed E-state index contributed by atoms with van der Waals surface area (Å²) in [5, 5.41) is 21.3. The molecule has 1 heterocycles. The summed E-state index contributed by atoms with van der Waals surface area (Å²) in [7, 11) is 0. The number of hydrogen-bond donors (Lipinski definition) is 2. The Morgan fingerprint density at radius 1 is 1.39 bits per heavy atom. The molecule has 23 heavy (non-hydrogen) atoms. The van der Waals surface area contributed by atoms with E-state index in [1.807, 2.05) is 13.8 Å². The lowest BCUT2D eigenvalue weighted by atomic mass is 10.1. The normalized spacial score (nSPS) is 12.6. The van der Waals surface area contributed by atoms with Gasteiger partial charge in [0, 0.05) is 19.6 Å². The van der Waals surface area contributed by atoms with Crippen LogP contribution in [-0.2, 0) is 13.1 Å². The van der Waals surface area contributed by atoms with Crippen LogP contribution in [0.4, 0.5) is 8.78 Å². The molecule has 6 nitrogen and oxygen atoms in total. The molecule has 1 aromatic carbocycles. The van der Waals surface area contributed by atoms with Gasteiger partial charge < -0.3 is 15.2 Å². The van der Waals surface area contributed by atoms with Crippen molar-refractivity contribution < 1.29 is 18.6 Å². The van der Waals surface area contributed by atoms with Crippen LogP contribution in [0, 0.1) is 6.92 Å². The molecule has 0 bridgehead atoms. The standard InChI is InChI=1S/C15H20F2N4O2/c1-3-21-13(10(2)19-20-21)8-18-9-14(22)11-5-4-6-12(7-11)23-15(16)17/h4-7,14-15,18,22H,3,8-9H2,1-2H3. The molecule has 0 amide bonds. The fourth-order valence-electron chi connectivity index (χ4n) is 2.24. The van der Waals surface area contributed by atoms with Gasteiger partial charge in [-0.05, 0) is 31.5 Å². The van der Waals surface area contributed by atoms with Crippen LogP contribution in [0.5, 0.6) is 5.75 Å². The molecular weight excluding hydrogens is 306 g/mol. The molecule has 0 spiro atoms. The van der Waals surface area contributed by atoms with Crippen molar-refractivity contribution in [3.8, 4) is 5.75 Å². The maximum Gasteiger partial charge on any atom is 0.387 e. The van der Waals surface area contributed by atoms with E-state index in [-0.39, 0.29) is 12.3 Å². The Labute approximate surface area is 133 Å². The largest absolute Gasteiger partial charge is 0.435 e. The van der Waals surface area contributed by atoms with Crippen molar-refractivity contribution in [2.45, 2.75) is 39.7 Å². The average molecular weight is 326 g/mol. The van der Waals surface area contributed by atoms with Crippen LogP contribution in [-0.4, -0.2) is 33.3 Å². The van der Waals surface area contributed by atoms with E-state index in [0.29, 0.717) is 18.7 Å². The Morgan fingerprint density at radius 3 is 2.87 bits per heavy atom. The predicted molar refractivity (Wildman–Crippen MR) is 80.2 cm³/mol. The van der Waals surface area contributed by atoms with Gasteiger partial charge in [-0.1, -0.05) is 17.3 Å². The lowest BCUT2D eigenvalue weighted by Crippen LogP contribution is -2.23. The molecule has 126 valence electrons. The Hall–Kier alpha value is -2.06. The number of halogens is 2. The second-order valence-electron chi connectivity index (χ2n) is 5.04. The van der Waals surface area contributed by atoms with E-state index in [1.54, 1.807) is 16.8 Å². The van der Waals surface area contributed by atoms with E-state index < -0.39 is 12.7 Å². The highest BCUT2D eigenvalue weighted by Gasteiger charge is 2.12. The van der Waals surface area contributed by atoms with Crippen molar-refractivity contribution in [2.24, 2.45) is 0 Å². The minimum absolute atomic E-state index is 0.0284. The molecule has 2 aromatic rings. The molecular formula is C15H20F2N4O2. The Bertz CT molecular complexity index is 634. The zero-order valence-corrected chi connectivity index (χ0v) is 13.0. The van der Waals surface area contributed by atoms with Gasteiger partial charge in [0.25, 0.3) is 0 Å². The minimum atomic E-state index is -2.88.